The molecule has 1 fully saturated rings. The molecule has 2 aromatic carbocycles. The summed E-state index contributed by atoms with van der Waals surface area (Å²) in [5.41, 5.74) is -0.175. The standard InChI is InChI=1S/C24H26O12/c1-31-16-4-10(5-17(32-2)23(16)33-3)14-8-13(27)19-12(26)6-11(7-15(19)35-14)34-24-22(30)21(29)20(28)18(9-25)36-24/h4-8,18,20-22,24-26,28-30H,9H2,1-3H3. The van der Waals surface area contributed by atoms with Gasteiger partial charge in [0, 0.05) is 23.8 Å². The predicted octanol–water partition coefficient (Wildman–Crippen LogP) is 0.370. The van der Waals surface area contributed by atoms with E-state index in [4.69, 9.17) is 28.1 Å². The third-order valence-corrected chi connectivity index (χ3v) is 5.83. The van der Waals surface area contributed by atoms with Crippen LogP contribution in [0.15, 0.2) is 39.5 Å². The summed E-state index contributed by atoms with van der Waals surface area (Å²) in [6, 6.07) is 6.76. The van der Waals surface area contributed by atoms with Gasteiger partial charge in [-0.2, -0.15) is 0 Å². The van der Waals surface area contributed by atoms with E-state index in [0.717, 1.165) is 6.07 Å². The van der Waals surface area contributed by atoms with Crippen molar-refractivity contribution < 1.29 is 53.6 Å². The molecule has 5 unspecified atom stereocenters. The highest BCUT2D eigenvalue weighted by molar-refractivity contribution is 5.86. The number of fused-ring (bicyclic) bond motifs is 1. The molecule has 5 N–H and O–H groups in total. The molecule has 0 bridgehead atoms. The number of benzene rings is 2. The Hall–Kier alpha value is -3.55. The fourth-order valence-corrected chi connectivity index (χ4v) is 3.98. The van der Waals surface area contributed by atoms with Crippen molar-refractivity contribution >= 4 is 11.0 Å². The largest absolute Gasteiger partial charge is 0.507 e. The maximum Gasteiger partial charge on any atom is 0.229 e. The van der Waals surface area contributed by atoms with Crippen molar-refractivity contribution in [3.05, 3.63) is 40.6 Å². The van der Waals surface area contributed by atoms with E-state index in [1.54, 1.807) is 12.1 Å². The fourth-order valence-electron chi connectivity index (χ4n) is 3.98. The van der Waals surface area contributed by atoms with Gasteiger partial charge in [-0.1, -0.05) is 0 Å². The molecule has 1 saturated heterocycles. The van der Waals surface area contributed by atoms with Gasteiger partial charge in [-0.15, -0.1) is 0 Å². The van der Waals surface area contributed by atoms with E-state index in [2.05, 4.69) is 0 Å². The summed E-state index contributed by atoms with van der Waals surface area (Å²) >= 11 is 0. The number of aliphatic hydroxyl groups is 4. The molecule has 0 spiro atoms. The zero-order valence-corrected chi connectivity index (χ0v) is 19.6. The number of hydrogen-bond acceptors (Lipinski definition) is 12. The molecule has 5 atom stereocenters. The lowest BCUT2D eigenvalue weighted by Crippen LogP contribution is -2.60. The summed E-state index contributed by atoms with van der Waals surface area (Å²) in [7, 11) is 4.34. The Morgan fingerprint density at radius 1 is 0.889 bits per heavy atom. The summed E-state index contributed by atoms with van der Waals surface area (Å²) in [5, 5.41) is 49.9. The molecule has 0 aliphatic carbocycles. The van der Waals surface area contributed by atoms with E-state index in [1.165, 1.54) is 33.5 Å². The molecule has 2 heterocycles. The Bertz CT molecular complexity index is 1280. The molecule has 1 aromatic heterocycles. The second-order valence-electron chi connectivity index (χ2n) is 8.02. The van der Waals surface area contributed by atoms with Crippen molar-refractivity contribution in [2.45, 2.75) is 30.7 Å². The number of aliphatic hydroxyl groups excluding tert-OH is 4. The molecular weight excluding hydrogens is 480 g/mol. The lowest BCUT2D eigenvalue weighted by atomic mass is 9.99. The summed E-state index contributed by atoms with van der Waals surface area (Å²) in [6.45, 7) is -0.638. The minimum atomic E-state index is -1.67. The molecule has 12 heteroatoms. The van der Waals surface area contributed by atoms with Crippen LogP contribution >= 0.6 is 0 Å². The number of hydrogen-bond donors (Lipinski definition) is 5. The molecule has 4 rings (SSSR count). The topological polar surface area (TPSA) is 178 Å². The second kappa shape index (κ2) is 10.2. The highest BCUT2D eigenvalue weighted by Gasteiger charge is 2.44. The highest BCUT2D eigenvalue weighted by Crippen LogP contribution is 2.42. The first kappa shape index (κ1) is 25.5. The van der Waals surface area contributed by atoms with Gasteiger partial charge in [0.1, 0.15) is 52.6 Å². The summed E-state index contributed by atoms with van der Waals surface area (Å²) in [4.78, 5) is 12.8. The monoisotopic (exact) mass is 506 g/mol. The first-order valence-corrected chi connectivity index (χ1v) is 10.8. The first-order valence-electron chi connectivity index (χ1n) is 10.8. The minimum Gasteiger partial charge on any atom is -0.507 e. The lowest BCUT2D eigenvalue weighted by molar-refractivity contribution is -0.277. The normalized spacial score (nSPS) is 23.9. The van der Waals surface area contributed by atoms with Crippen molar-refractivity contribution in [2.24, 2.45) is 0 Å². The summed E-state index contributed by atoms with van der Waals surface area (Å²) in [5.74, 6) is 0.594. The summed E-state index contributed by atoms with van der Waals surface area (Å²) in [6.07, 6.45) is -7.57. The predicted molar refractivity (Wildman–Crippen MR) is 124 cm³/mol. The van der Waals surface area contributed by atoms with Crippen LogP contribution in [0.25, 0.3) is 22.3 Å². The first-order chi connectivity index (χ1) is 17.2. The minimum absolute atomic E-state index is 0.0501. The number of methoxy groups -OCH3 is 3. The number of phenols is 1. The third kappa shape index (κ3) is 4.52. The second-order valence-corrected chi connectivity index (χ2v) is 8.02. The van der Waals surface area contributed by atoms with Crippen molar-refractivity contribution in [1.29, 1.82) is 0 Å². The number of aromatic hydroxyl groups is 1. The Labute approximate surface area is 204 Å². The number of rotatable bonds is 7. The Morgan fingerprint density at radius 3 is 2.14 bits per heavy atom. The van der Waals surface area contributed by atoms with Gasteiger partial charge in [0.2, 0.25) is 12.0 Å². The summed E-state index contributed by atoms with van der Waals surface area (Å²) < 4.78 is 32.8. The zero-order valence-electron chi connectivity index (χ0n) is 19.6. The molecule has 36 heavy (non-hydrogen) atoms. The van der Waals surface area contributed by atoms with Crippen molar-refractivity contribution in [2.75, 3.05) is 27.9 Å². The average molecular weight is 506 g/mol. The van der Waals surface area contributed by atoms with Crippen LogP contribution in [0.2, 0.25) is 0 Å². The van der Waals surface area contributed by atoms with Crippen LogP contribution in [0, 0.1) is 0 Å². The van der Waals surface area contributed by atoms with Crippen LogP contribution in [0.4, 0.5) is 0 Å². The zero-order chi connectivity index (χ0) is 26.1. The van der Waals surface area contributed by atoms with Gasteiger partial charge in [-0.05, 0) is 12.1 Å². The molecule has 1 aliphatic rings. The fraction of sp³-hybridized carbons (Fsp3) is 0.375. The van der Waals surface area contributed by atoms with E-state index in [1.807, 2.05) is 0 Å². The van der Waals surface area contributed by atoms with E-state index in [0.29, 0.717) is 22.8 Å². The molecule has 12 nitrogen and oxygen atoms in total. The molecule has 0 amide bonds. The van der Waals surface area contributed by atoms with Crippen LogP contribution in [0.5, 0.6) is 28.7 Å². The van der Waals surface area contributed by atoms with Crippen molar-refractivity contribution in [3.8, 4) is 40.1 Å². The molecular formula is C24H26O12. The Morgan fingerprint density at radius 2 is 1.56 bits per heavy atom. The van der Waals surface area contributed by atoms with Gasteiger partial charge in [-0.25, -0.2) is 0 Å². The van der Waals surface area contributed by atoms with Crippen molar-refractivity contribution in [1.82, 2.24) is 0 Å². The van der Waals surface area contributed by atoms with Crippen LogP contribution < -0.4 is 24.4 Å². The van der Waals surface area contributed by atoms with Gasteiger partial charge in [0.15, 0.2) is 16.9 Å². The molecule has 1 aliphatic heterocycles. The molecule has 0 saturated carbocycles. The van der Waals surface area contributed by atoms with Gasteiger partial charge in [0.25, 0.3) is 0 Å². The lowest BCUT2D eigenvalue weighted by Gasteiger charge is -2.39. The average Bonchev–Trinajstić information content (AvgIpc) is 2.87. The molecule has 0 radical (unpaired) electrons. The van der Waals surface area contributed by atoms with Gasteiger partial charge >= 0.3 is 0 Å². The van der Waals surface area contributed by atoms with E-state index in [9.17, 15) is 30.3 Å². The SMILES string of the molecule is COc1cc(-c2cc(=O)c3c(O)cc(OC4OC(CO)C(O)C(O)C4O)cc3o2)cc(OC)c1OC. The van der Waals surface area contributed by atoms with Crippen LogP contribution in [0.1, 0.15) is 0 Å². The smallest absolute Gasteiger partial charge is 0.229 e. The van der Waals surface area contributed by atoms with E-state index < -0.39 is 48.5 Å². The third-order valence-electron chi connectivity index (χ3n) is 5.83. The van der Waals surface area contributed by atoms with Crippen LogP contribution in [-0.2, 0) is 4.74 Å². The Balaban J connectivity index is 1.76. The maximum absolute atomic E-state index is 12.8. The maximum atomic E-state index is 12.8. The van der Waals surface area contributed by atoms with Crippen molar-refractivity contribution in [3.63, 3.8) is 0 Å². The van der Waals surface area contributed by atoms with Gasteiger partial charge < -0.3 is 53.6 Å². The van der Waals surface area contributed by atoms with E-state index in [-0.39, 0.29) is 22.5 Å². The quantitative estimate of drug-likeness (QED) is 0.298. The number of ether oxygens (including phenoxy) is 5. The van der Waals surface area contributed by atoms with Gasteiger partial charge in [-0.3, -0.25) is 4.79 Å². The van der Waals surface area contributed by atoms with Gasteiger partial charge in [0.05, 0.1) is 27.9 Å². The Kier molecular flexibility index (Phi) is 7.24. The van der Waals surface area contributed by atoms with Crippen LogP contribution in [-0.4, -0.2) is 84.2 Å². The molecule has 194 valence electrons. The molecule has 3 aromatic rings. The van der Waals surface area contributed by atoms with Crippen LogP contribution in [0.3, 0.4) is 0 Å². The highest BCUT2D eigenvalue weighted by atomic mass is 16.7. The van der Waals surface area contributed by atoms with E-state index >= 15 is 0 Å². The number of phenolic OH excluding ortho intramolecular Hbond substituents is 1.